The van der Waals surface area contributed by atoms with Gasteiger partial charge in [-0.15, -0.1) is 0 Å². The Morgan fingerprint density at radius 1 is 0.850 bits per heavy atom. The van der Waals surface area contributed by atoms with Crippen LogP contribution in [-0.2, 0) is 6.18 Å². The molecule has 1 aromatic carbocycles. The van der Waals surface area contributed by atoms with Crippen molar-refractivity contribution >= 4 is 34.8 Å². The number of halogens is 7. The minimum Gasteiger partial charge on any atom is -0.215 e. The van der Waals surface area contributed by atoms with E-state index in [1.807, 2.05) is 0 Å². The summed E-state index contributed by atoms with van der Waals surface area (Å²) in [6.45, 7) is 0. The molecule has 0 aliphatic heterocycles. The molecule has 0 saturated heterocycles. The molecule has 8 heteroatoms. The van der Waals surface area contributed by atoms with Crippen LogP contribution in [0, 0.1) is 5.95 Å². The number of benzene rings is 1. The second-order valence-electron chi connectivity index (χ2n) is 3.75. The molecule has 2 aromatic rings. The molecule has 106 valence electrons. The maximum Gasteiger partial charge on any atom is 0.434 e. The van der Waals surface area contributed by atoms with Gasteiger partial charge in [-0.3, -0.25) is 0 Å². The Morgan fingerprint density at radius 3 is 2.05 bits per heavy atom. The normalized spacial score (nSPS) is 11.8. The highest BCUT2D eigenvalue weighted by Gasteiger charge is 2.36. The second kappa shape index (κ2) is 5.39. The summed E-state index contributed by atoms with van der Waals surface area (Å²) in [5.41, 5.74) is -1.78. The molecule has 1 aromatic heterocycles. The maximum absolute atomic E-state index is 12.9. The highest BCUT2D eigenvalue weighted by Crippen LogP contribution is 2.42. The Balaban J connectivity index is 2.74. The third-order valence-electron chi connectivity index (χ3n) is 2.46. The molecule has 0 bridgehead atoms. The minimum atomic E-state index is -4.83. The molecule has 0 saturated carbocycles. The second-order valence-corrected chi connectivity index (χ2v) is 4.91. The van der Waals surface area contributed by atoms with Gasteiger partial charge in [-0.25, -0.2) is 4.98 Å². The van der Waals surface area contributed by atoms with E-state index < -0.39 is 17.8 Å². The SMILES string of the molecule is Fc1ccc(-c2ccc(Cl)c(Cl)c2Cl)c(C(F)(F)F)n1. The zero-order valence-electron chi connectivity index (χ0n) is 9.40. The van der Waals surface area contributed by atoms with Crippen LogP contribution >= 0.6 is 34.8 Å². The van der Waals surface area contributed by atoms with Crippen molar-refractivity contribution < 1.29 is 17.6 Å². The lowest BCUT2D eigenvalue weighted by molar-refractivity contribution is -0.141. The van der Waals surface area contributed by atoms with Crippen LogP contribution in [0.25, 0.3) is 11.1 Å². The summed E-state index contributed by atoms with van der Waals surface area (Å²) < 4.78 is 51.6. The summed E-state index contributed by atoms with van der Waals surface area (Å²) in [5, 5.41) is -0.134. The number of pyridine rings is 1. The first-order chi connectivity index (χ1) is 9.21. The van der Waals surface area contributed by atoms with Crippen LogP contribution in [0.2, 0.25) is 15.1 Å². The first kappa shape index (κ1) is 15.4. The van der Waals surface area contributed by atoms with Gasteiger partial charge in [0.1, 0.15) is 0 Å². The Bertz CT molecular complexity index is 670. The smallest absolute Gasteiger partial charge is 0.215 e. The molecule has 1 heterocycles. The molecule has 0 aliphatic rings. The molecular weight excluding hydrogens is 340 g/mol. The van der Waals surface area contributed by atoms with E-state index in [9.17, 15) is 17.6 Å². The fourth-order valence-electron chi connectivity index (χ4n) is 1.60. The van der Waals surface area contributed by atoms with E-state index in [1.54, 1.807) is 0 Å². The monoisotopic (exact) mass is 343 g/mol. The lowest BCUT2D eigenvalue weighted by Crippen LogP contribution is -2.11. The summed E-state index contributed by atoms with van der Waals surface area (Å²) in [7, 11) is 0. The Labute approximate surface area is 126 Å². The van der Waals surface area contributed by atoms with Gasteiger partial charge in [0.05, 0.1) is 15.1 Å². The van der Waals surface area contributed by atoms with E-state index in [0.29, 0.717) is 0 Å². The average molecular weight is 345 g/mol. The topological polar surface area (TPSA) is 12.9 Å². The Morgan fingerprint density at radius 2 is 1.45 bits per heavy atom. The first-order valence-corrected chi connectivity index (χ1v) is 6.23. The van der Waals surface area contributed by atoms with Crippen molar-refractivity contribution in [2.45, 2.75) is 6.18 Å². The van der Waals surface area contributed by atoms with Crippen LogP contribution in [0.4, 0.5) is 17.6 Å². The third-order valence-corrected chi connectivity index (χ3v) is 3.75. The first-order valence-electron chi connectivity index (χ1n) is 5.09. The van der Waals surface area contributed by atoms with Gasteiger partial charge in [0.15, 0.2) is 5.69 Å². The van der Waals surface area contributed by atoms with Crippen LogP contribution in [0.3, 0.4) is 0 Å². The van der Waals surface area contributed by atoms with E-state index in [1.165, 1.54) is 12.1 Å². The van der Waals surface area contributed by atoms with Gasteiger partial charge in [0.25, 0.3) is 0 Å². The van der Waals surface area contributed by atoms with Crippen molar-refractivity contribution in [2.75, 3.05) is 0 Å². The van der Waals surface area contributed by atoms with E-state index in [2.05, 4.69) is 4.98 Å². The number of nitrogens with zero attached hydrogens (tertiary/aromatic N) is 1. The summed E-state index contributed by atoms with van der Waals surface area (Å²) in [6.07, 6.45) is -4.83. The van der Waals surface area contributed by atoms with E-state index in [0.717, 1.165) is 12.1 Å². The van der Waals surface area contributed by atoms with Gasteiger partial charge in [-0.1, -0.05) is 40.9 Å². The molecule has 0 unspecified atom stereocenters. The minimum absolute atomic E-state index is 0.0270. The maximum atomic E-state index is 12.9. The largest absolute Gasteiger partial charge is 0.434 e. The van der Waals surface area contributed by atoms with Crippen LogP contribution in [0.15, 0.2) is 24.3 Å². The lowest BCUT2D eigenvalue weighted by Gasteiger charge is -2.14. The zero-order chi connectivity index (χ0) is 15.1. The van der Waals surface area contributed by atoms with Gasteiger partial charge in [-0.2, -0.15) is 17.6 Å². The average Bonchev–Trinajstić information content (AvgIpc) is 2.36. The van der Waals surface area contributed by atoms with Crippen molar-refractivity contribution in [1.82, 2.24) is 4.98 Å². The molecule has 0 spiro atoms. The molecule has 2 rings (SSSR count). The molecule has 0 radical (unpaired) electrons. The lowest BCUT2D eigenvalue weighted by atomic mass is 10.0. The predicted octanol–water partition coefficient (Wildman–Crippen LogP) is 5.87. The summed E-state index contributed by atoms with van der Waals surface area (Å²) in [4.78, 5) is 2.89. The number of aromatic nitrogens is 1. The predicted molar refractivity (Wildman–Crippen MR) is 69.7 cm³/mol. The Hall–Kier alpha value is -1.04. The summed E-state index contributed by atoms with van der Waals surface area (Å²) >= 11 is 17.4. The van der Waals surface area contributed by atoms with Crippen molar-refractivity contribution in [3.8, 4) is 11.1 Å². The molecule has 0 fully saturated rings. The standard InChI is InChI=1S/C12H4Cl3F4N/c13-7-3-1-5(9(14)10(7)15)6-2-4-8(16)20-11(6)12(17,18)19/h1-4H. The molecule has 0 N–H and O–H groups in total. The summed E-state index contributed by atoms with van der Waals surface area (Å²) in [6, 6.07) is 4.31. The molecule has 1 nitrogen and oxygen atoms in total. The van der Waals surface area contributed by atoms with E-state index in [-0.39, 0.29) is 26.2 Å². The van der Waals surface area contributed by atoms with E-state index in [4.69, 9.17) is 34.8 Å². The third kappa shape index (κ3) is 2.85. The fraction of sp³-hybridized carbons (Fsp3) is 0.0833. The molecule has 0 aliphatic carbocycles. The molecule has 0 atom stereocenters. The molecular formula is C12H4Cl3F4N. The van der Waals surface area contributed by atoms with Crippen LogP contribution < -0.4 is 0 Å². The van der Waals surface area contributed by atoms with Crippen molar-refractivity contribution in [2.24, 2.45) is 0 Å². The molecule has 0 amide bonds. The zero-order valence-corrected chi connectivity index (χ0v) is 11.7. The Kier molecular flexibility index (Phi) is 4.14. The van der Waals surface area contributed by atoms with Gasteiger partial charge >= 0.3 is 6.18 Å². The fourth-order valence-corrected chi connectivity index (χ4v) is 2.24. The van der Waals surface area contributed by atoms with Crippen LogP contribution in [0.1, 0.15) is 5.69 Å². The number of hydrogen-bond acceptors (Lipinski definition) is 1. The van der Waals surface area contributed by atoms with E-state index >= 15 is 0 Å². The number of rotatable bonds is 1. The summed E-state index contributed by atoms with van der Waals surface area (Å²) in [5.74, 6) is -1.24. The number of hydrogen-bond donors (Lipinski definition) is 0. The van der Waals surface area contributed by atoms with Gasteiger partial charge in [-0.05, 0) is 18.2 Å². The van der Waals surface area contributed by atoms with Gasteiger partial charge in [0, 0.05) is 11.1 Å². The van der Waals surface area contributed by atoms with Gasteiger partial charge < -0.3 is 0 Å². The van der Waals surface area contributed by atoms with Crippen molar-refractivity contribution in [1.29, 1.82) is 0 Å². The highest BCUT2D eigenvalue weighted by atomic mass is 35.5. The van der Waals surface area contributed by atoms with Gasteiger partial charge in [0.2, 0.25) is 5.95 Å². The van der Waals surface area contributed by atoms with Crippen molar-refractivity contribution in [3.63, 3.8) is 0 Å². The molecule has 20 heavy (non-hydrogen) atoms. The number of alkyl halides is 3. The highest BCUT2D eigenvalue weighted by molar-refractivity contribution is 6.49. The van der Waals surface area contributed by atoms with Crippen molar-refractivity contribution in [3.05, 3.63) is 51.0 Å². The van der Waals surface area contributed by atoms with Crippen LogP contribution in [0.5, 0.6) is 0 Å². The quantitative estimate of drug-likeness (QED) is 0.358. The van der Waals surface area contributed by atoms with Crippen LogP contribution in [-0.4, -0.2) is 4.98 Å².